The number of carboxylic acid groups (broad SMARTS) is 1. The molecule has 0 aliphatic heterocycles. The zero-order valence-corrected chi connectivity index (χ0v) is 12.7. The van der Waals surface area contributed by atoms with Gasteiger partial charge in [-0.1, -0.05) is 32.8 Å². The predicted octanol–water partition coefficient (Wildman–Crippen LogP) is 4.05. The van der Waals surface area contributed by atoms with Crippen molar-refractivity contribution in [3.63, 3.8) is 0 Å². The van der Waals surface area contributed by atoms with E-state index in [9.17, 15) is 9.90 Å². The number of imidazole rings is 1. The number of para-hydroxylation sites is 1. The van der Waals surface area contributed by atoms with Crippen molar-refractivity contribution in [3.8, 4) is 0 Å². The van der Waals surface area contributed by atoms with E-state index in [1.165, 1.54) is 12.8 Å². The van der Waals surface area contributed by atoms with Gasteiger partial charge in [0.15, 0.2) is 0 Å². The summed E-state index contributed by atoms with van der Waals surface area (Å²) in [6.45, 7) is 5.37. The van der Waals surface area contributed by atoms with E-state index < -0.39 is 5.97 Å². The maximum Gasteiger partial charge on any atom is 0.337 e. The first-order valence-electron chi connectivity index (χ1n) is 7.88. The molecule has 1 aromatic heterocycles. The Hall–Kier alpha value is -1.84. The van der Waals surface area contributed by atoms with Crippen LogP contribution in [0.2, 0.25) is 0 Å². The fraction of sp³-hybridized carbons (Fsp3) is 0.529. The van der Waals surface area contributed by atoms with E-state index in [-0.39, 0.29) is 0 Å². The van der Waals surface area contributed by atoms with Crippen LogP contribution in [-0.4, -0.2) is 20.6 Å². The molecule has 0 radical (unpaired) electrons. The van der Waals surface area contributed by atoms with Crippen LogP contribution in [0.3, 0.4) is 0 Å². The lowest BCUT2D eigenvalue weighted by molar-refractivity contribution is 0.0699. The van der Waals surface area contributed by atoms with Gasteiger partial charge in [0.1, 0.15) is 11.3 Å². The maximum atomic E-state index is 11.4. The molecule has 3 rings (SSSR count). The molecule has 1 aliphatic rings. The van der Waals surface area contributed by atoms with Crippen molar-refractivity contribution in [3.05, 3.63) is 29.6 Å². The highest BCUT2D eigenvalue weighted by atomic mass is 16.4. The second kappa shape index (κ2) is 5.51. The Morgan fingerprint density at radius 3 is 2.67 bits per heavy atom. The fourth-order valence-corrected chi connectivity index (χ4v) is 2.99. The lowest BCUT2D eigenvalue weighted by Gasteiger charge is -2.16. The Labute approximate surface area is 124 Å². The SMILES string of the molecule is CCC(CC)Cn1c(C2CC2)nc2c(C(=O)O)cccc21. The molecule has 1 N–H and O–H groups in total. The van der Waals surface area contributed by atoms with E-state index in [0.29, 0.717) is 22.9 Å². The molecule has 1 aliphatic carbocycles. The minimum atomic E-state index is -0.893. The minimum Gasteiger partial charge on any atom is -0.478 e. The predicted molar refractivity (Wildman–Crippen MR) is 82.7 cm³/mol. The molecule has 2 aromatic rings. The van der Waals surface area contributed by atoms with Crippen molar-refractivity contribution in [2.45, 2.75) is 52.0 Å². The third-order valence-electron chi connectivity index (χ3n) is 4.58. The van der Waals surface area contributed by atoms with Gasteiger partial charge in [-0.25, -0.2) is 9.78 Å². The van der Waals surface area contributed by atoms with Crippen LogP contribution in [-0.2, 0) is 6.54 Å². The molecule has 1 fully saturated rings. The van der Waals surface area contributed by atoms with Crippen molar-refractivity contribution in [2.24, 2.45) is 5.92 Å². The Kier molecular flexibility index (Phi) is 3.70. The lowest BCUT2D eigenvalue weighted by Crippen LogP contribution is -2.11. The van der Waals surface area contributed by atoms with Gasteiger partial charge >= 0.3 is 5.97 Å². The number of carboxylic acids is 1. The van der Waals surface area contributed by atoms with Crippen LogP contribution in [0.25, 0.3) is 11.0 Å². The molecule has 1 heterocycles. The number of nitrogens with zero attached hydrogens (tertiary/aromatic N) is 2. The summed E-state index contributed by atoms with van der Waals surface area (Å²) in [4.78, 5) is 16.1. The molecule has 0 atom stereocenters. The summed E-state index contributed by atoms with van der Waals surface area (Å²) in [5, 5.41) is 9.36. The number of aromatic carboxylic acids is 1. The minimum absolute atomic E-state index is 0.317. The van der Waals surface area contributed by atoms with Crippen molar-refractivity contribution in [1.82, 2.24) is 9.55 Å². The molecule has 0 saturated heterocycles. The molecule has 0 unspecified atom stereocenters. The number of carbonyl (C=O) groups is 1. The smallest absolute Gasteiger partial charge is 0.337 e. The van der Waals surface area contributed by atoms with Gasteiger partial charge in [-0.05, 0) is 30.9 Å². The van der Waals surface area contributed by atoms with Gasteiger partial charge in [0.25, 0.3) is 0 Å². The van der Waals surface area contributed by atoms with Crippen LogP contribution in [0.4, 0.5) is 0 Å². The standard InChI is InChI=1S/C17H22N2O2/c1-3-11(4-2)10-19-14-7-5-6-13(17(20)21)15(14)18-16(19)12-8-9-12/h5-7,11-12H,3-4,8-10H2,1-2H3,(H,20,21). The largest absolute Gasteiger partial charge is 0.478 e. The highest BCUT2D eigenvalue weighted by molar-refractivity contribution is 6.01. The number of hydrogen-bond acceptors (Lipinski definition) is 2. The summed E-state index contributed by atoms with van der Waals surface area (Å²) >= 11 is 0. The Morgan fingerprint density at radius 2 is 2.10 bits per heavy atom. The average Bonchev–Trinajstić information content (AvgIpc) is 3.26. The van der Waals surface area contributed by atoms with Gasteiger partial charge in [0.2, 0.25) is 0 Å². The molecule has 4 heteroatoms. The summed E-state index contributed by atoms with van der Waals surface area (Å²) < 4.78 is 2.27. The van der Waals surface area contributed by atoms with E-state index in [1.807, 2.05) is 12.1 Å². The monoisotopic (exact) mass is 286 g/mol. The topological polar surface area (TPSA) is 55.1 Å². The summed E-state index contributed by atoms with van der Waals surface area (Å²) in [5.74, 6) is 1.34. The van der Waals surface area contributed by atoms with Crippen LogP contribution in [0.15, 0.2) is 18.2 Å². The summed E-state index contributed by atoms with van der Waals surface area (Å²) in [5.41, 5.74) is 1.94. The van der Waals surface area contributed by atoms with E-state index >= 15 is 0 Å². The number of benzene rings is 1. The first kappa shape index (κ1) is 14.1. The van der Waals surface area contributed by atoms with Gasteiger partial charge in [-0.3, -0.25) is 0 Å². The van der Waals surface area contributed by atoms with Crippen LogP contribution < -0.4 is 0 Å². The van der Waals surface area contributed by atoms with Crippen molar-refractivity contribution < 1.29 is 9.90 Å². The summed E-state index contributed by atoms with van der Waals surface area (Å²) in [6.07, 6.45) is 4.63. The molecule has 1 saturated carbocycles. The zero-order valence-electron chi connectivity index (χ0n) is 12.7. The first-order valence-corrected chi connectivity index (χ1v) is 7.88. The third-order valence-corrected chi connectivity index (χ3v) is 4.58. The highest BCUT2D eigenvalue weighted by Crippen LogP contribution is 2.41. The number of hydrogen-bond donors (Lipinski definition) is 1. The molecule has 0 spiro atoms. The molecule has 21 heavy (non-hydrogen) atoms. The fourth-order valence-electron chi connectivity index (χ4n) is 2.99. The molecule has 4 nitrogen and oxygen atoms in total. The first-order chi connectivity index (χ1) is 10.2. The second-order valence-corrected chi connectivity index (χ2v) is 6.02. The quantitative estimate of drug-likeness (QED) is 0.871. The lowest BCUT2D eigenvalue weighted by atomic mass is 10.0. The van der Waals surface area contributed by atoms with E-state index in [4.69, 9.17) is 4.98 Å². The van der Waals surface area contributed by atoms with Crippen LogP contribution in [0, 0.1) is 5.92 Å². The third kappa shape index (κ3) is 2.55. The van der Waals surface area contributed by atoms with Crippen LogP contribution >= 0.6 is 0 Å². The van der Waals surface area contributed by atoms with Crippen molar-refractivity contribution in [1.29, 1.82) is 0 Å². The normalized spacial score (nSPS) is 15.0. The van der Waals surface area contributed by atoms with E-state index in [1.54, 1.807) is 6.07 Å². The van der Waals surface area contributed by atoms with E-state index in [2.05, 4.69) is 18.4 Å². The van der Waals surface area contributed by atoms with Crippen LogP contribution in [0.5, 0.6) is 0 Å². The maximum absolute atomic E-state index is 11.4. The van der Waals surface area contributed by atoms with E-state index in [0.717, 1.165) is 30.7 Å². The number of rotatable bonds is 6. The Bertz CT molecular complexity index is 667. The molecule has 1 aromatic carbocycles. The number of fused-ring (bicyclic) bond motifs is 1. The van der Waals surface area contributed by atoms with Gasteiger partial charge < -0.3 is 9.67 Å². The molecule has 0 bridgehead atoms. The van der Waals surface area contributed by atoms with Crippen LogP contribution in [0.1, 0.15) is 61.6 Å². The van der Waals surface area contributed by atoms with Gasteiger partial charge in [0, 0.05) is 12.5 Å². The van der Waals surface area contributed by atoms with Gasteiger partial charge in [-0.2, -0.15) is 0 Å². The molecule has 0 amide bonds. The van der Waals surface area contributed by atoms with Gasteiger partial charge in [-0.15, -0.1) is 0 Å². The number of aromatic nitrogens is 2. The van der Waals surface area contributed by atoms with Gasteiger partial charge in [0.05, 0.1) is 11.1 Å². The van der Waals surface area contributed by atoms with Crippen molar-refractivity contribution in [2.75, 3.05) is 0 Å². The molecular formula is C17H22N2O2. The molecule has 112 valence electrons. The highest BCUT2D eigenvalue weighted by Gasteiger charge is 2.31. The summed E-state index contributed by atoms with van der Waals surface area (Å²) in [6, 6.07) is 5.48. The second-order valence-electron chi connectivity index (χ2n) is 6.02. The Morgan fingerprint density at radius 1 is 1.38 bits per heavy atom. The zero-order chi connectivity index (χ0) is 15.0. The molecular weight excluding hydrogens is 264 g/mol. The summed E-state index contributed by atoms with van der Waals surface area (Å²) in [7, 11) is 0. The van der Waals surface area contributed by atoms with Crippen molar-refractivity contribution >= 4 is 17.0 Å². The average molecular weight is 286 g/mol. The Balaban J connectivity index is 2.13.